The minimum Gasteiger partial charge on any atom is -0.331 e. The van der Waals surface area contributed by atoms with E-state index in [4.69, 9.17) is 0 Å². The molecule has 2 amide bonds. The molecule has 1 aliphatic rings. The smallest absolute Gasteiger partial charge is 0.331 e. The number of piperazine rings is 1. The first-order chi connectivity index (χ1) is 14.1. The maximum atomic E-state index is 12.7. The average molecular weight is 441 g/mol. The van der Waals surface area contributed by atoms with Gasteiger partial charge in [-0.25, -0.2) is 13.2 Å². The van der Waals surface area contributed by atoms with E-state index in [0.29, 0.717) is 0 Å². The summed E-state index contributed by atoms with van der Waals surface area (Å²) in [6, 6.07) is 12.4. The van der Waals surface area contributed by atoms with Crippen molar-refractivity contribution in [2.24, 2.45) is 0 Å². The molecule has 0 aliphatic carbocycles. The van der Waals surface area contributed by atoms with Crippen LogP contribution in [0.4, 0.5) is 18.0 Å². The number of carbonyl (C=O) groups is 1. The molecule has 30 heavy (non-hydrogen) atoms. The Balaban J connectivity index is 1.59. The van der Waals surface area contributed by atoms with Crippen LogP contribution in [0, 0.1) is 0 Å². The van der Waals surface area contributed by atoms with E-state index in [1.54, 1.807) is 0 Å². The molecule has 0 radical (unpaired) electrons. The van der Waals surface area contributed by atoms with Gasteiger partial charge in [0.2, 0.25) is 10.0 Å². The number of hydrogen-bond acceptors (Lipinski definition) is 3. The summed E-state index contributed by atoms with van der Waals surface area (Å²) in [5, 5.41) is 2.88. The minimum absolute atomic E-state index is 0.0660. The number of alkyl halides is 3. The first-order valence-electron chi connectivity index (χ1n) is 9.37. The Labute approximate surface area is 173 Å². The fraction of sp³-hybridized carbons (Fsp3) is 0.350. The van der Waals surface area contributed by atoms with E-state index >= 15 is 0 Å². The SMILES string of the molecule is CC(NC(=O)N1CCN(S(=O)(=O)c2ccc(C(F)(F)F)cc2)CC1)c1ccccc1. The Kier molecular flexibility index (Phi) is 6.37. The van der Waals surface area contributed by atoms with E-state index in [9.17, 15) is 26.4 Å². The molecule has 0 spiro atoms. The highest BCUT2D eigenvalue weighted by molar-refractivity contribution is 7.89. The Morgan fingerprint density at radius 3 is 2.07 bits per heavy atom. The third-order valence-corrected chi connectivity index (χ3v) is 6.90. The third kappa shape index (κ3) is 4.93. The Bertz CT molecular complexity index is 972. The predicted octanol–water partition coefficient (Wildman–Crippen LogP) is 3.48. The van der Waals surface area contributed by atoms with Gasteiger partial charge in [0.1, 0.15) is 0 Å². The van der Waals surface area contributed by atoms with Gasteiger partial charge in [-0.3, -0.25) is 0 Å². The Morgan fingerprint density at radius 2 is 1.53 bits per heavy atom. The molecule has 3 rings (SSSR count). The zero-order chi connectivity index (χ0) is 21.9. The van der Waals surface area contributed by atoms with Crippen LogP contribution in [-0.4, -0.2) is 49.8 Å². The lowest BCUT2D eigenvalue weighted by Gasteiger charge is -2.34. The van der Waals surface area contributed by atoms with Crippen LogP contribution in [0.2, 0.25) is 0 Å². The topological polar surface area (TPSA) is 69.7 Å². The summed E-state index contributed by atoms with van der Waals surface area (Å²) in [5.74, 6) is 0. The second-order valence-corrected chi connectivity index (χ2v) is 8.93. The second-order valence-electron chi connectivity index (χ2n) is 7.00. The normalized spacial score (nSPS) is 16.9. The highest BCUT2D eigenvalue weighted by atomic mass is 32.2. The van der Waals surface area contributed by atoms with Crippen molar-refractivity contribution < 1.29 is 26.4 Å². The fourth-order valence-electron chi connectivity index (χ4n) is 3.20. The van der Waals surface area contributed by atoms with Gasteiger partial charge in [-0.2, -0.15) is 17.5 Å². The van der Waals surface area contributed by atoms with Gasteiger partial charge in [-0.1, -0.05) is 30.3 Å². The zero-order valence-electron chi connectivity index (χ0n) is 16.3. The van der Waals surface area contributed by atoms with Gasteiger partial charge < -0.3 is 10.2 Å². The lowest BCUT2D eigenvalue weighted by atomic mass is 10.1. The summed E-state index contributed by atoms with van der Waals surface area (Å²) in [4.78, 5) is 13.8. The number of nitrogens with one attached hydrogen (secondary N) is 1. The van der Waals surface area contributed by atoms with Crippen molar-refractivity contribution in [3.05, 3.63) is 65.7 Å². The average Bonchev–Trinajstić information content (AvgIpc) is 2.74. The van der Waals surface area contributed by atoms with Gasteiger partial charge in [0.15, 0.2) is 0 Å². The first kappa shape index (κ1) is 22.1. The van der Waals surface area contributed by atoms with Gasteiger partial charge in [-0.05, 0) is 36.8 Å². The number of nitrogens with zero attached hydrogens (tertiary/aromatic N) is 2. The third-order valence-electron chi connectivity index (χ3n) is 4.98. The number of halogens is 3. The summed E-state index contributed by atoms with van der Waals surface area (Å²) >= 11 is 0. The number of sulfonamides is 1. The quantitative estimate of drug-likeness (QED) is 0.790. The first-order valence-corrected chi connectivity index (χ1v) is 10.8. The van der Waals surface area contributed by atoms with Crippen LogP contribution in [0.3, 0.4) is 0 Å². The molecule has 0 saturated carbocycles. The van der Waals surface area contributed by atoms with Crippen molar-refractivity contribution in [3.63, 3.8) is 0 Å². The van der Waals surface area contributed by atoms with Crippen LogP contribution in [-0.2, 0) is 16.2 Å². The zero-order valence-corrected chi connectivity index (χ0v) is 17.1. The lowest BCUT2D eigenvalue weighted by molar-refractivity contribution is -0.137. The van der Waals surface area contributed by atoms with Crippen molar-refractivity contribution in [3.8, 4) is 0 Å². The second kappa shape index (κ2) is 8.65. The Morgan fingerprint density at radius 1 is 0.967 bits per heavy atom. The summed E-state index contributed by atoms with van der Waals surface area (Å²) in [5.41, 5.74) is 0.0462. The number of urea groups is 1. The van der Waals surface area contributed by atoms with E-state index in [0.717, 1.165) is 29.8 Å². The van der Waals surface area contributed by atoms with Crippen LogP contribution in [0.15, 0.2) is 59.5 Å². The predicted molar refractivity (Wildman–Crippen MR) is 105 cm³/mol. The lowest BCUT2D eigenvalue weighted by Crippen LogP contribution is -2.53. The minimum atomic E-state index is -4.53. The van der Waals surface area contributed by atoms with Crippen molar-refractivity contribution in [2.45, 2.75) is 24.0 Å². The monoisotopic (exact) mass is 441 g/mol. The number of benzene rings is 2. The molecule has 2 aromatic rings. The van der Waals surface area contributed by atoms with E-state index in [1.165, 1.54) is 9.21 Å². The molecule has 1 fully saturated rings. The molecular formula is C20H22F3N3O3S. The number of hydrogen-bond donors (Lipinski definition) is 1. The van der Waals surface area contributed by atoms with E-state index in [1.807, 2.05) is 37.3 Å². The van der Waals surface area contributed by atoms with Crippen molar-refractivity contribution >= 4 is 16.1 Å². The highest BCUT2D eigenvalue weighted by Gasteiger charge is 2.33. The van der Waals surface area contributed by atoms with Gasteiger partial charge in [0.25, 0.3) is 0 Å². The maximum absolute atomic E-state index is 12.7. The van der Waals surface area contributed by atoms with E-state index < -0.39 is 21.8 Å². The van der Waals surface area contributed by atoms with Gasteiger partial charge in [0.05, 0.1) is 16.5 Å². The molecule has 1 N–H and O–H groups in total. The van der Waals surface area contributed by atoms with Gasteiger partial charge in [-0.15, -0.1) is 0 Å². The molecule has 6 nitrogen and oxygen atoms in total. The van der Waals surface area contributed by atoms with Crippen molar-refractivity contribution in [1.82, 2.24) is 14.5 Å². The van der Waals surface area contributed by atoms with Gasteiger partial charge in [0, 0.05) is 26.2 Å². The number of rotatable bonds is 4. The molecule has 1 aliphatic heterocycles. The van der Waals surface area contributed by atoms with Crippen LogP contribution in [0.5, 0.6) is 0 Å². The molecule has 1 saturated heterocycles. The van der Waals surface area contributed by atoms with Crippen molar-refractivity contribution in [2.75, 3.05) is 26.2 Å². The largest absolute Gasteiger partial charge is 0.416 e. The molecule has 162 valence electrons. The molecule has 0 bridgehead atoms. The molecule has 0 aromatic heterocycles. The fourth-order valence-corrected chi connectivity index (χ4v) is 4.62. The van der Waals surface area contributed by atoms with Crippen molar-refractivity contribution in [1.29, 1.82) is 0 Å². The molecule has 1 heterocycles. The van der Waals surface area contributed by atoms with Crippen LogP contribution >= 0.6 is 0 Å². The van der Waals surface area contributed by atoms with Crippen LogP contribution < -0.4 is 5.32 Å². The molecule has 1 unspecified atom stereocenters. The molecule has 2 aromatic carbocycles. The Hall–Kier alpha value is -2.59. The maximum Gasteiger partial charge on any atom is 0.416 e. The summed E-state index contributed by atoms with van der Waals surface area (Å²) < 4.78 is 64.7. The standard InChI is InChI=1S/C20H22F3N3O3S/c1-15(16-5-3-2-4-6-16)24-19(27)25-11-13-26(14-12-25)30(28,29)18-9-7-17(8-10-18)20(21,22)23/h2-10,15H,11-14H2,1H3,(H,24,27). The molecule has 10 heteroatoms. The van der Waals surface area contributed by atoms with Gasteiger partial charge >= 0.3 is 12.2 Å². The number of amides is 2. The highest BCUT2D eigenvalue weighted by Crippen LogP contribution is 2.30. The van der Waals surface area contributed by atoms with E-state index in [2.05, 4.69) is 5.32 Å². The molecular weight excluding hydrogens is 419 g/mol. The summed E-state index contributed by atoms with van der Waals surface area (Å²) in [6.45, 7) is 2.37. The number of carbonyl (C=O) groups excluding carboxylic acids is 1. The summed E-state index contributed by atoms with van der Waals surface area (Å²) in [7, 11) is -3.93. The molecule has 1 atom stereocenters. The van der Waals surface area contributed by atoms with E-state index in [-0.39, 0.29) is 43.1 Å². The van der Waals surface area contributed by atoms with Crippen LogP contribution in [0.1, 0.15) is 24.1 Å². The van der Waals surface area contributed by atoms with Crippen LogP contribution in [0.25, 0.3) is 0 Å². The summed E-state index contributed by atoms with van der Waals surface area (Å²) in [6.07, 6.45) is -4.53.